The van der Waals surface area contributed by atoms with Gasteiger partial charge in [0.2, 0.25) is 0 Å². The average molecular weight is 315 g/mol. The van der Waals surface area contributed by atoms with Gasteiger partial charge in [-0.1, -0.05) is 18.2 Å². The fourth-order valence-corrected chi connectivity index (χ4v) is 2.36. The molecular weight excluding hydrogens is 304 g/mol. The number of benzene rings is 2. The molecule has 0 fully saturated rings. The minimum atomic E-state index is -0.482. The number of carbonyl (C=O) groups is 2. The number of rotatable bonds is 3. The normalized spacial score (nSPS) is 14.0. The largest absolute Gasteiger partial charge is 0.507 e. The SMILES string of the molecule is O=C1c2ccccc2C(=O)N1N=Cc1cc(CCl)ccc1O. The number of imide groups is 1. The lowest BCUT2D eigenvalue weighted by molar-refractivity contribution is 0.0660. The number of phenols is 1. The third-order valence-corrected chi connectivity index (χ3v) is 3.64. The average Bonchev–Trinajstić information content (AvgIpc) is 2.79. The highest BCUT2D eigenvalue weighted by Gasteiger charge is 2.35. The number of hydrazone groups is 1. The molecule has 0 saturated heterocycles. The lowest BCUT2D eigenvalue weighted by atomic mass is 10.1. The number of halogens is 1. The zero-order chi connectivity index (χ0) is 15.7. The van der Waals surface area contributed by atoms with E-state index < -0.39 is 11.8 Å². The Bertz CT molecular complexity index is 767. The molecule has 1 aliphatic rings. The molecule has 0 aromatic heterocycles. The van der Waals surface area contributed by atoms with E-state index in [0.29, 0.717) is 16.7 Å². The summed E-state index contributed by atoms with van der Waals surface area (Å²) < 4.78 is 0. The first kappa shape index (κ1) is 14.3. The molecule has 0 atom stereocenters. The van der Waals surface area contributed by atoms with Gasteiger partial charge in [0.15, 0.2) is 0 Å². The molecule has 1 heterocycles. The number of amides is 2. The van der Waals surface area contributed by atoms with Crippen LogP contribution in [-0.4, -0.2) is 28.1 Å². The molecule has 6 heteroatoms. The summed E-state index contributed by atoms with van der Waals surface area (Å²) in [4.78, 5) is 24.3. The summed E-state index contributed by atoms with van der Waals surface area (Å²) in [6, 6.07) is 11.3. The highest BCUT2D eigenvalue weighted by molar-refractivity contribution is 6.21. The highest BCUT2D eigenvalue weighted by atomic mass is 35.5. The molecule has 3 rings (SSSR count). The van der Waals surface area contributed by atoms with Crippen molar-refractivity contribution in [3.63, 3.8) is 0 Å². The fraction of sp³-hybridized carbons (Fsp3) is 0.0625. The van der Waals surface area contributed by atoms with Gasteiger partial charge in [-0.05, 0) is 29.8 Å². The second-order valence-corrected chi connectivity index (χ2v) is 5.01. The lowest BCUT2D eigenvalue weighted by Crippen LogP contribution is -2.24. The Labute approximate surface area is 131 Å². The van der Waals surface area contributed by atoms with E-state index >= 15 is 0 Å². The molecule has 2 amide bonds. The van der Waals surface area contributed by atoms with E-state index in [-0.39, 0.29) is 11.6 Å². The molecule has 5 nitrogen and oxygen atoms in total. The molecule has 1 aliphatic heterocycles. The number of nitrogens with zero attached hydrogens (tertiary/aromatic N) is 2. The van der Waals surface area contributed by atoms with Gasteiger partial charge in [0.05, 0.1) is 17.3 Å². The summed E-state index contributed by atoms with van der Waals surface area (Å²) in [6.07, 6.45) is 1.27. The summed E-state index contributed by atoms with van der Waals surface area (Å²) >= 11 is 5.74. The molecule has 110 valence electrons. The number of fused-ring (bicyclic) bond motifs is 1. The zero-order valence-electron chi connectivity index (χ0n) is 11.4. The Kier molecular flexibility index (Phi) is 3.65. The second kappa shape index (κ2) is 5.61. The van der Waals surface area contributed by atoms with Crippen LogP contribution >= 0.6 is 11.6 Å². The Hall–Kier alpha value is -2.66. The van der Waals surface area contributed by atoms with E-state index in [1.807, 2.05) is 0 Å². The molecule has 0 saturated carbocycles. The Morgan fingerprint density at radius 1 is 1.09 bits per heavy atom. The van der Waals surface area contributed by atoms with Gasteiger partial charge in [0, 0.05) is 11.4 Å². The molecule has 0 unspecified atom stereocenters. The van der Waals surface area contributed by atoms with E-state index in [1.54, 1.807) is 36.4 Å². The van der Waals surface area contributed by atoms with Crippen LogP contribution in [0, 0.1) is 0 Å². The van der Waals surface area contributed by atoms with Gasteiger partial charge in [-0.25, -0.2) is 0 Å². The number of carbonyl (C=O) groups excluding carboxylic acids is 2. The van der Waals surface area contributed by atoms with Crippen molar-refractivity contribution in [3.8, 4) is 5.75 Å². The van der Waals surface area contributed by atoms with Crippen LogP contribution in [0.4, 0.5) is 0 Å². The van der Waals surface area contributed by atoms with E-state index in [4.69, 9.17) is 11.6 Å². The van der Waals surface area contributed by atoms with Crippen molar-refractivity contribution >= 4 is 29.6 Å². The summed E-state index contributed by atoms with van der Waals surface area (Å²) in [5, 5.41) is 14.5. The fourth-order valence-electron chi connectivity index (χ4n) is 2.19. The monoisotopic (exact) mass is 314 g/mol. The topological polar surface area (TPSA) is 70.0 Å². The molecule has 0 spiro atoms. The van der Waals surface area contributed by atoms with Crippen molar-refractivity contribution in [1.82, 2.24) is 5.01 Å². The van der Waals surface area contributed by atoms with Crippen LogP contribution in [0.3, 0.4) is 0 Å². The van der Waals surface area contributed by atoms with Gasteiger partial charge in [-0.2, -0.15) is 10.1 Å². The van der Waals surface area contributed by atoms with Crippen molar-refractivity contribution in [2.45, 2.75) is 5.88 Å². The van der Waals surface area contributed by atoms with Gasteiger partial charge in [0.25, 0.3) is 11.8 Å². The summed E-state index contributed by atoms with van der Waals surface area (Å²) in [6.45, 7) is 0. The first-order chi connectivity index (χ1) is 10.6. The standard InChI is InChI=1S/C16H11ClN2O3/c17-8-10-5-6-14(20)11(7-10)9-18-19-15(21)12-3-1-2-4-13(12)16(19)22/h1-7,9,20H,8H2. The summed E-state index contributed by atoms with van der Waals surface area (Å²) in [7, 11) is 0. The van der Waals surface area contributed by atoms with E-state index in [0.717, 1.165) is 10.6 Å². The van der Waals surface area contributed by atoms with Crippen molar-refractivity contribution in [2.75, 3.05) is 0 Å². The van der Waals surface area contributed by atoms with Gasteiger partial charge >= 0.3 is 0 Å². The van der Waals surface area contributed by atoms with E-state index in [9.17, 15) is 14.7 Å². The number of aromatic hydroxyl groups is 1. The second-order valence-electron chi connectivity index (χ2n) is 4.74. The highest BCUT2D eigenvalue weighted by Crippen LogP contribution is 2.23. The molecule has 1 N–H and O–H groups in total. The minimum Gasteiger partial charge on any atom is -0.507 e. The van der Waals surface area contributed by atoms with Gasteiger partial charge in [0.1, 0.15) is 5.75 Å². The van der Waals surface area contributed by atoms with Gasteiger partial charge in [-0.15, -0.1) is 11.6 Å². The van der Waals surface area contributed by atoms with Gasteiger partial charge in [-0.3, -0.25) is 9.59 Å². The lowest BCUT2D eigenvalue weighted by Gasteiger charge is -2.06. The maximum Gasteiger partial charge on any atom is 0.282 e. The van der Waals surface area contributed by atoms with Crippen LogP contribution in [0.25, 0.3) is 0 Å². The summed E-state index contributed by atoms with van der Waals surface area (Å²) in [5.74, 6) is -0.683. The Morgan fingerprint density at radius 2 is 1.73 bits per heavy atom. The molecule has 0 aliphatic carbocycles. The number of phenolic OH excluding ortho intramolecular Hbond substituents is 1. The minimum absolute atomic E-state index is 0.00535. The van der Waals surface area contributed by atoms with E-state index in [2.05, 4.69) is 5.10 Å². The van der Waals surface area contributed by atoms with Crippen LogP contribution in [0.5, 0.6) is 5.75 Å². The predicted octanol–water partition coefficient (Wildman–Crippen LogP) is 2.76. The molecule has 0 radical (unpaired) electrons. The third-order valence-electron chi connectivity index (χ3n) is 3.33. The molecule has 2 aromatic rings. The van der Waals surface area contributed by atoms with Crippen molar-refractivity contribution in [3.05, 3.63) is 64.7 Å². The van der Waals surface area contributed by atoms with Gasteiger partial charge < -0.3 is 5.11 Å². The first-order valence-electron chi connectivity index (χ1n) is 6.51. The predicted molar refractivity (Wildman–Crippen MR) is 82.2 cm³/mol. The van der Waals surface area contributed by atoms with Crippen LogP contribution < -0.4 is 0 Å². The number of alkyl halides is 1. The first-order valence-corrected chi connectivity index (χ1v) is 7.05. The summed E-state index contributed by atoms with van der Waals surface area (Å²) in [5.41, 5.74) is 1.82. The zero-order valence-corrected chi connectivity index (χ0v) is 12.1. The number of hydrogen-bond acceptors (Lipinski definition) is 4. The maximum absolute atomic E-state index is 12.1. The Balaban J connectivity index is 1.92. The molecular formula is C16H11ClN2O3. The van der Waals surface area contributed by atoms with Crippen molar-refractivity contribution in [2.24, 2.45) is 5.10 Å². The number of hydrogen-bond donors (Lipinski definition) is 1. The van der Waals surface area contributed by atoms with Crippen molar-refractivity contribution in [1.29, 1.82) is 0 Å². The van der Waals surface area contributed by atoms with Crippen molar-refractivity contribution < 1.29 is 14.7 Å². The molecule has 0 bridgehead atoms. The maximum atomic E-state index is 12.1. The smallest absolute Gasteiger partial charge is 0.282 e. The molecule has 22 heavy (non-hydrogen) atoms. The van der Waals surface area contributed by atoms with E-state index in [1.165, 1.54) is 12.3 Å². The Morgan fingerprint density at radius 3 is 2.32 bits per heavy atom. The van der Waals surface area contributed by atoms with Crippen LogP contribution in [0.2, 0.25) is 0 Å². The third kappa shape index (κ3) is 2.35. The molecule has 2 aromatic carbocycles. The quantitative estimate of drug-likeness (QED) is 0.538. The van der Waals surface area contributed by atoms with Crippen LogP contribution in [-0.2, 0) is 5.88 Å². The van der Waals surface area contributed by atoms with Crippen LogP contribution in [0.1, 0.15) is 31.8 Å². The van der Waals surface area contributed by atoms with Crippen LogP contribution in [0.15, 0.2) is 47.6 Å².